The van der Waals surface area contributed by atoms with Gasteiger partial charge in [-0.2, -0.15) is 0 Å². The number of thiazole rings is 1. The summed E-state index contributed by atoms with van der Waals surface area (Å²) in [5.74, 6) is -0.297. The second-order valence-electron chi connectivity index (χ2n) is 5.94. The molecule has 1 aliphatic rings. The van der Waals surface area contributed by atoms with Gasteiger partial charge in [-0.15, -0.1) is 11.3 Å². The number of carbonyl (C=O) groups is 2. The number of piperidine rings is 1. The van der Waals surface area contributed by atoms with Gasteiger partial charge in [0.1, 0.15) is 0 Å². The first kappa shape index (κ1) is 16.4. The molecule has 1 fully saturated rings. The normalized spacial score (nSPS) is 15.3. The largest absolute Gasteiger partial charge is 0.369 e. The van der Waals surface area contributed by atoms with Gasteiger partial charge in [0.2, 0.25) is 11.8 Å². The zero-order valence-corrected chi connectivity index (χ0v) is 14.3. The third-order valence-corrected chi connectivity index (χ3v) is 5.06. The first-order valence-corrected chi connectivity index (χ1v) is 8.78. The number of nitrogens with zero attached hydrogens (tertiary/aromatic N) is 2. The van der Waals surface area contributed by atoms with Gasteiger partial charge in [0.05, 0.1) is 5.69 Å². The Hall–Kier alpha value is -2.41. The minimum absolute atomic E-state index is 0.0120. The molecule has 1 aromatic carbocycles. The van der Waals surface area contributed by atoms with Gasteiger partial charge >= 0.3 is 0 Å². The Morgan fingerprint density at radius 3 is 2.50 bits per heavy atom. The third kappa shape index (κ3) is 3.73. The molecule has 7 heteroatoms. The van der Waals surface area contributed by atoms with E-state index in [1.807, 2.05) is 29.6 Å². The van der Waals surface area contributed by atoms with E-state index in [1.54, 1.807) is 11.3 Å². The molecule has 0 aliphatic carbocycles. The lowest BCUT2D eigenvalue weighted by atomic mass is 9.97. The highest BCUT2D eigenvalue weighted by molar-refractivity contribution is 7.14. The summed E-state index contributed by atoms with van der Waals surface area (Å²) in [5, 5.41) is 5.75. The molecule has 0 bridgehead atoms. The van der Waals surface area contributed by atoms with Gasteiger partial charge in [0, 0.05) is 42.6 Å². The number of carbonyl (C=O) groups excluding carboxylic acids is 2. The van der Waals surface area contributed by atoms with E-state index in [1.165, 1.54) is 6.92 Å². The van der Waals surface area contributed by atoms with Crippen molar-refractivity contribution in [2.45, 2.75) is 19.8 Å². The molecule has 3 rings (SSSR count). The summed E-state index contributed by atoms with van der Waals surface area (Å²) in [7, 11) is 0. The molecule has 2 heterocycles. The number of nitrogens with one attached hydrogen (secondary N) is 1. The number of rotatable bonds is 4. The lowest BCUT2D eigenvalue weighted by Gasteiger charge is -2.30. The minimum atomic E-state index is -0.200. The predicted molar refractivity (Wildman–Crippen MR) is 96.0 cm³/mol. The summed E-state index contributed by atoms with van der Waals surface area (Å²) < 4.78 is 0. The third-order valence-electron chi connectivity index (χ3n) is 4.16. The summed E-state index contributed by atoms with van der Waals surface area (Å²) in [6.45, 7) is 3.10. The Morgan fingerprint density at radius 2 is 1.92 bits per heavy atom. The molecule has 3 N–H and O–H groups in total. The lowest BCUT2D eigenvalue weighted by Crippen LogP contribution is -2.38. The van der Waals surface area contributed by atoms with E-state index in [-0.39, 0.29) is 17.7 Å². The van der Waals surface area contributed by atoms with Crippen LogP contribution in [0.25, 0.3) is 11.3 Å². The summed E-state index contributed by atoms with van der Waals surface area (Å²) in [6, 6.07) is 7.63. The first-order valence-electron chi connectivity index (χ1n) is 7.91. The number of benzene rings is 1. The highest BCUT2D eigenvalue weighted by atomic mass is 32.1. The average Bonchev–Trinajstić information content (AvgIpc) is 3.05. The van der Waals surface area contributed by atoms with Crippen molar-refractivity contribution < 1.29 is 9.59 Å². The number of nitrogens with two attached hydrogens (primary N) is 1. The van der Waals surface area contributed by atoms with Crippen molar-refractivity contribution in [1.82, 2.24) is 4.98 Å². The Bertz CT molecular complexity index is 733. The van der Waals surface area contributed by atoms with E-state index >= 15 is 0 Å². The van der Waals surface area contributed by atoms with Crippen LogP contribution in [-0.2, 0) is 9.59 Å². The summed E-state index contributed by atoms with van der Waals surface area (Å²) in [5.41, 5.74) is 8.08. The lowest BCUT2D eigenvalue weighted by molar-refractivity contribution is -0.122. The molecule has 1 saturated heterocycles. The van der Waals surface area contributed by atoms with Crippen molar-refractivity contribution in [3.8, 4) is 11.3 Å². The van der Waals surface area contributed by atoms with Crippen LogP contribution in [0.1, 0.15) is 19.8 Å². The van der Waals surface area contributed by atoms with Crippen LogP contribution in [0.5, 0.6) is 0 Å². The van der Waals surface area contributed by atoms with Crippen molar-refractivity contribution in [3.05, 3.63) is 29.6 Å². The standard InChI is InChI=1S/C17H20N4O2S/c1-11(22)19-14-4-2-12(3-5-14)15-10-24-17(20-15)21-8-6-13(7-9-21)16(18)23/h2-5,10,13H,6-9H2,1H3,(H2,18,23)(H,19,22). The monoisotopic (exact) mass is 344 g/mol. The van der Waals surface area contributed by atoms with Gasteiger partial charge in [-0.3, -0.25) is 9.59 Å². The molecule has 0 unspecified atom stereocenters. The average molecular weight is 344 g/mol. The van der Waals surface area contributed by atoms with E-state index in [2.05, 4.69) is 10.2 Å². The fourth-order valence-corrected chi connectivity index (χ4v) is 3.71. The van der Waals surface area contributed by atoms with Gasteiger partial charge in [-0.05, 0) is 25.0 Å². The number of primary amides is 1. The number of hydrogen-bond donors (Lipinski definition) is 2. The number of amides is 2. The van der Waals surface area contributed by atoms with Gasteiger partial charge in [-0.25, -0.2) is 4.98 Å². The fourth-order valence-electron chi connectivity index (χ4n) is 2.82. The van der Waals surface area contributed by atoms with Crippen LogP contribution >= 0.6 is 11.3 Å². The molecule has 0 saturated carbocycles. The first-order chi connectivity index (χ1) is 11.5. The molecule has 2 aromatic rings. The van der Waals surface area contributed by atoms with Crippen LogP contribution in [0, 0.1) is 5.92 Å². The van der Waals surface area contributed by atoms with Crippen molar-refractivity contribution >= 4 is 34.0 Å². The van der Waals surface area contributed by atoms with Crippen LogP contribution in [-0.4, -0.2) is 29.9 Å². The molecule has 0 atom stereocenters. The maximum absolute atomic E-state index is 11.2. The van der Waals surface area contributed by atoms with Crippen molar-refractivity contribution in [2.75, 3.05) is 23.3 Å². The molecular weight excluding hydrogens is 324 g/mol. The summed E-state index contributed by atoms with van der Waals surface area (Å²) in [4.78, 5) is 29.2. The van der Waals surface area contributed by atoms with E-state index in [9.17, 15) is 9.59 Å². The van der Waals surface area contributed by atoms with Crippen LogP contribution < -0.4 is 16.0 Å². The van der Waals surface area contributed by atoms with Crippen molar-refractivity contribution in [3.63, 3.8) is 0 Å². The zero-order valence-electron chi connectivity index (χ0n) is 13.5. The SMILES string of the molecule is CC(=O)Nc1ccc(-c2csc(N3CCC(C(N)=O)CC3)n2)cc1. The highest BCUT2D eigenvalue weighted by Gasteiger charge is 2.24. The van der Waals surface area contributed by atoms with Crippen LogP contribution in [0.3, 0.4) is 0 Å². The fraction of sp³-hybridized carbons (Fsp3) is 0.353. The zero-order chi connectivity index (χ0) is 17.1. The van der Waals surface area contributed by atoms with Gasteiger partial charge in [-0.1, -0.05) is 12.1 Å². The number of hydrogen-bond acceptors (Lipinski definition) is 5. The number of aromatic nitrogens is 1. The highest BCUT2D eigenvalue weighted by Crippen LogP contribution is 2.30. The van der Waals surface area contributed by atoms with E-state index < -0.39 is 0 Å². The predicted octanol–water partition coefficient (Wildman–Crippen LogP) is 2.47. The van der Waals surface area contributed by atoms with Gasteiger partial charge in [0.25, 0.3) is 0 Å². The Morgan fingerprint density at radius 1 is 1.25 bits per heavy atom. The molecule has 24 heavy (non-hydrogen) atoms. The molecule has 1 aromatic heterocycles. The Kier molecular flexibility index (Phi) is 4.80. The molecule has 0 radical (unpaired) electrons. The molecular formula is C17H20N4O2S. The molecule has 6 nitrogen and oxygen atoms in total. The van der Waals surface area contributed by atoms with Crippen molar-refractivity contribution in [2.24, 2.45) is 11.7 Å². The molecule has 1 aliphatic heterocycles. The topological polar surface area (TPSA) is 88.3 Å². The number of anilines is 2. The van der Waals surface area contributed by atoms with Gasteiger partial charge in [0.15, 0.2) is 5.13 Å². The van der Waals surface area contributed by atoms with Crippen LogP contribution in [0.15, 0.2) is 29.6 Å². The summed E-state index contributed by atoms with van der Waals surface area (Å²) in [6.07, 6.45) is 1.57. The summed E-state index contributed by atoms with van der Waals surface area (Å²) >= 11 is 1.60. The maximum atomic E-state index is 11.2. The van der Waals surface area contributed by atoms with Crippen LogP contribution in [0.2, 0.25) is 0 Å². The maximum Gasteiger partial charge on any atom is 0.221 e. The second kappa shape index (κ2) is 7.00. The Labute approximate surface area is 144 Å². The van der Waals surface area contributed by atoms with Gasteiger partial charge < -0.3 is 16.0 Å². The van der Waals surface area contributed by atoms with E-state index in [0.29, 0.717) is 0 Å². The second-order valence-corrected chi connectivity index (χ2v) is 6.77. The molecule has 0 spiro atoms. The van der Waals surface area contributed by atoms with Crippen LogP contribution in [0.4, 0.5) is 10.8 Å². The molecule has 126 valence electrons. The van der Waals surface area contributed by atoms with E-state index in [0.717, 1.165) is 48.0 Å². The Balaban J connectivity index is 1.67. The van der Waals surface area contributed by atoms with Crippen molar-refractivity contribution in [1.29, 1.82) is 0 Å². The molecule has 2 amide bonds. The van der Waals surface area contributed by atoms with E-state index in [4.69, 9.17) is 10.7 Å². The smallest absolute Gasteiger partial charge is 0.221 e. The minimum Gasteiger partial charge on any atom is -0.369 e. The quantitative estimate of drug-likeness (QED) is 0.892.